The number of carbonyl (C=O) groups is 1. The van der Waals surface area contributed by atoms with Gasteiger partial charge in [0.2, 0.25) is 0 Å². The Morgan fingerprint density at radius 2 is 2.37 bits per heavy atom. The standard InChI is InChI=1S/C12H12BrN3O3/c1-18-4-5-19-12(17)9(6-14)7-15-11-3-2-10(13)8-16-11/h2-3,7-8H,4-5H2,1H3,(H,15,16). The Labute approximate surface area is 119 Å². The molecule has 0 saturated carbocycles. The summed E-state index contributed by atoms with van der Waals surface area (Å²) in [6.07, 6.45) is 2.85. The fourth-order valence-corrected chi connectivity index (χ4v) is 1.27. The lowest BCUT2D eigenvalue weighted by atomic mass is 10.3. The number of methoxy groups -OCH3 is 1. The molecule has 6 nitrogen and oxygen atoms in total. The Kier molecular flexibility index (Phi) is 6.57. The molecule has 0 aliphatic rings. The van der Waals surface area contributed by atoms with Gasteiger partial charge in [-0.2, -0.15) is 5.26 Å². The molecule has 19 heavy (non-hydrogen) atoms. The predicted molar refractivity (Wildman–Crippen MR) is 72.1 cm³/mol. The lowest BCUT2D eigenvalue weighted by Crippen LogP contribution is -2.12. The van der Waals surface area contributed by atoms with E-state index in [2.05, 4.69) is 26.2 Å². The number of esters is 1. The van der Waals surface area contributed by atoms with Crippen molar-refractivity contribution in [2.45, 2.75) is 0 Å². The second kappa shape index (κ2) is 8.24. The molecule has 1 aromatic heterocycles. The third kappa shape index (κ3) is 5.50. The van der Waals surface area contributed by atoms with Gasteiger partial charge in [0.15, 0.2) is 5.57 Å². The third-order valence-electron chi connectivity index (χ3n) is 1.95. The third-order valence-corrected chi connectivity index (χ3v) is 2.42. The average molecular weight is 326 g/mol. The van der Waals surface area contributed by atoms with Crippen LogP contribution in [0, 0.1) is 11.3 Å². The highest BCUT2D eigenvalue weighted by atomic mass is 79.9. The number of hydrogen-bond acceptors (Lipinski definition) is 6. The first kappa shape index (κ1) is 15.1. The molecular weight excluding hydrogens is 314 g/mol. The molecule has 1 aromatic rings. The Balaban J connectivity index is 2.59. The van der Waals surface area contributed by atoms with Crippen LogP contribution in [0.15, 0.2) is 34.6 Å². The van der Waals surface area contributed by atoms with Gasteiger partial charge < -0.3 is 14.8 Å². The van der Waals surface area contributed by atoms with Gasteiger partial charge in [0.25, 0.3) is 0 Å². The van der Waals surface area contributed by atoms with Gasteiger partial charge in [-0.1, -0.05) is 0 Å². The number of nitriles is 1. The second-order valence-corrected chi connectivity index (χ2v) is 4.22. The quantitative estimate of drug-likeness (QED) is 0.372. The van der Waals surface area contributed by atoms with Crippen LogP contribution in [0.2, 0.25) is 0 Å². The molecule has 0 unspecified atom stereocenters. The van der Waals surface area contributed by atoms with Crippen LogP contribution in [0.1, 0.15) is 0 Å². The van der Waals surface area contributed by atoms with Gasteiger partial charge in [0, 0.05) is 24.0 Å². The molecule has 0 fully saturated rings. The van der Waals surface area contributed by atoms with Crippen molar-refractivity contribution in [3.8, 4) is 6.07 Å². The van der Waals surface area contributed by atoms with Crippen molar-refractivity contribution >= 4 is 27.7 Å². The minimum Gasteiger partial charge on any atom is -0.459 e. The summed E-state index contributed by atoms with van der Waals surface area (Å²) in [7, 11) is 1.50. The van der Waals surface area contributed by atoms with Crippen LogP contribution in [0.5, 0.6) is 0 Å². The van der Waals surface area contributed by atoms with Crippen molar-refractivity contribution in [3.63, 3.8) is 0 Å². The van der Waals surface area contributed by atoms with E-state index in [0.29, 0.717) is 5.82 Å². The fraction of sp³-hybridized carbons (Fsp3) is 0.250. The Bertz CT molecular complexity index is 494. The zero-order valence-electron chi connectivity index (χ0n) is 10.2. The first-order chi connectivity index (χ1) is 9.17. The summed E-state index contributed by atoms with van der Waals surface area (Å²) in [5.41, 5.74) is -0.138. The lowest BCUT2D eigenvalue weighted by Gasteiger charge is -2.03. The van der Waals surface area contributed by atoms with Crippen LogP contribution in [0.25, 0.3) is 0 Å². The van der Waals surface area contributed by atoms with E-state index in [4.69, 9.17) is 14.7 Å². The molecule has 0 amide bonds. The Morgan fingerprint density at radius 3 is 2.95 bits per heavy atom. The Morgan fingerprint density at radius 1 is 1.58 bits per heavy atom. The largest absolute Gasteiger partial charge is 0.459 e. The highest BCUT2D eigenvalue weighted by molar-refractivity contribution is 9.10. The van der Waals surface area contributed by atoms with Gasteiger partial charge in [-0.25, -0.2) is 9.78 Å². The molecule has 0 atom stereocenters. The van der Waals surface area contributed by atoms with Gasteiger partial charge in [-0.3, -0.25) is 0 Å². The molecule has 1 heterocycles. The first-order valence-electron chi connectivity index (χ1n) is 5.31. The number of hydrogen-bond donors (Lipinski definition) is 1. The van der Waals surface area contributed by atoms with E-state index in [1.54, 1.807) is 24.4 Å². The molecule has 0 spiro atoms. The highest BCUT2D eigenvalue weighted by Crippen LogP contribution is 2.10. The summed E-state index contributed by atoms with van der Waals surface area (Å²) in [6, 6.07) is 5.24. The summed E-state index contributed by atoms with van der Waals surface area (Å²) in [5.74, 6) is -0.190. The number of carbonyl (C=O) groups excluding carboxylic acids is 1. The zero-order chi connectivity index (χ0) is 14.1. The minimum atomic E-state index is -0.704. The van der Waals surface area contributed by atoms with E-state index in [1.807, 2.05) is 0 Å². The van der Waals surface area contributed by atoms with Crippen LogP contribution in [-0.4, -0.2) is 31.3 Å². The molecular formula is C12H12BrN3O3. The summed E-state index contributed by atoms with van der Waals surface area (Å²) >= 11 is 3.25. The van der Waals surface area contributed by atoms with Crippen molar-refractivity contribution in [1.29, 1.82) is 5.26 Å². The average Bonchev–Trinajstić information content (AvgIpc) is 2.42. The van der Waals surface area contributed by atoms with Crippen LogP contribution in [-0.2, 0) is 14.3 Å². The topological polar surface area (TPSA) is 84.2 Å². The number of pyridine rings is 1. The van der Waals surface area contributed by atoms with Gasteiger partial charge >= 0.3 is 5.97 Å². The maximum absolute atomic E-state index is 11.5. The monoisotopic (exact) mass is 325 g/mol. The van der Waals surface area contributed by atoms with E-state index in [-0.39, 0.29) is 18.8 Å². The highest BCUT2D eigenvalue weighted by Gasteiger charge is 2.10. The van der Waals surface area contributed by atoms with E-state index >= 15 is 0 Å². The van der Waals surface area contributed by atoms with E-state index < -0.39 is 5.97 Å². The molecule has 0 radical (unpaired) electrons. The molecule has 100 valence electrons. The number of halogens is 1. The summed E-state index contributed by atoms with van der Waals surface area (Å²) in [4.78, 5) is 15.5. The normalized spacial score (nSPS) is 10.7. The summed E-state index contributed by atoms with van der Waals surface area (Å²) in [5, 5.41) is 11.6. The SMILES string of the molecule is COCCOC(=O)C(C#N)=CNc1ccc(Br)cn1. The minimum absolute atomic E-state index is 0.102. The zero-order valence-corrected chi connectivity index (χ0v) is 11.8. The lowest BCUT2D eigenvalue weighted by molar-refractivity contribution is -0.139. The molecule has 1 N–H and O–H groups in total. The number of ether oxygens (including phenoxy) is 2. The van der Waals surface area contributed by atoms with Crippen molar-refractivity contribution in [3.05, 3.63) is 34.6 Å². The van der Waals surface area contributed by atoms with E-state index in [1.165, 1.54) is 13.3 Å². The number of anilines is 1. The predicted octanol–water partition coefficient (Wildman–Crippen LogP) is 1.85. The number of nitrogens with zero attached hydrogens (tertiary/aromatic N) is 2. The van der Waals surface area contributed by atoms with Crippen LogP contribution in [0.4, 0.5) is 5.82 Å². The molecule has 0 aliphatic heterocycles. The molecule has 0 saturated heterocycles. The molecule has 0 aliphatic carbocycles. The summed E-state index contributed by atoms with van der Waals surface area (Å²) < 4.78 is 10.4. The van der Waals surface area contributed by atoms with Crippen molar-refractivity contribution in [2.75, 3.05) is 25.6 Å². The Hall–Kier alpha value is -1.91. The van der Waals surface area contributed by atoms with Crippen molar-refractivity contribution in [1.82, 2.24) is 4.98 Å². The van der Waals surface area contributed by atoms with Gasteiger partial charge in [0.1, 0.15) is 18.5 Å². The number of nitrogens with one attached hydrogen (secondary N) is 1. The van der Waals surface area contributed by atoms with Crippen molar-refractivity contribution in [2.24, 2.45) is 0 Å². The van der Waals surface area contributed by atoms with Gasteiger partial charge in [0.05, 0.1) is 6.61 Å². The number of aromatic nitrogens is 1. The van der Waals surface area contributed by atoms with Crippen LogP contribution >= 0.6 is 15.9 Å². The number of rotatable bonds is 6. The maximum Gasteiger partial charge on any atom is 0.350 e. The molecule has 0 bridgehead atoms. The smallest absolute Gasteiger partial charge is 0.350 e. The molecule has 7 heteroatoms. The van der Waals surface area contributed by atoms with Crippen molar-refractivity contribution < 1.29 is 14.3 Å². The van der Waals surface area contributed by atoms with Crippen LogP contribution in [0.3, 0.4) is 0 Å². The van der Waals surface area contributed by atoms with Crippen LogP contribution < -0.4 is 5.32 Å². The maximum atomic E-state index is 11.5. The first-order valence-corrected chi connectivity index (χ1v) is 6.11. The van der Waals surface area contributed by atoms with E-state index in [0.717, 1.165) is 4.47 Å². The second-order valence-electron chi connectivity index (χ2n) is 3.30. The fourth-order valence-electron chi connectivity index (χ4n) is 1.04. The molecule has 1 rings (SSSR count). The van der Waals surface area contributed by atoms with E-state index in [9.17, 15) is 4.79 Å². The van der Waals surface area contributed by atoms with Gasteiger partial charge in [-0.15, -0.1) is 0 Å². The summed E-state index contributed by atoms with van der Waals surface area (Å²) in [6.45, 7) is 0.386. The molecule has 0 aromatic carbocycles. The van der Waals surface area contributed by atoms with Gasteiger partial charge in [-0.05, 0) is 28.1 Å².